The molecule has 0 saturated heterocycles. The molecule has 0 rings (SSSR count). The van der Waals surface area contributed by atoms with Crippen molar-refractivity contribution in [3.63, 3.8) is 0 Å². The molecule has 0 aromatic rings. The van der Waals surface area contributed by atoms with Gasteiger partial charge in [-0.25, -0.2) is 0 Å². The van der Waals surface area contributed by atoms with Crippen LogP contribution < -0.4 is 0 Å². The van der Waals surface area contributed by atoms with Crippen LogP contribution in [0.15, 0.2) is 0 Å². The Hall–Kier alpha value is -0.770. The maximum absolute atomic E-state index is 9.82. The molecule has 0 aliphatic heterocycles. The lowest BCUT2D eigenvalue weighted by atomic mass is 10.5. The van der Waals surface area contributed by atoms with Gasteiger partial charge in [0, 0.05) is 13.3 Å². The summed E-state index contributed by atoms with van der Waals surface area (Å²) in [4.78, 5) is 19.2. The molecule has 0 aromatic heterocycles. The first-order valence-electron chi connectivity index (χ1n) is 3.39. The van der Waals surface area contributed by atoms with Gasteiger partial charge in [0.25, 0.3) is 0 Å². The minimum Gasteiger partial charge on any atom is -0.481 e. The zero-order valence-electron chi connectivity index (χ0n) is 7.49. The molecule has 0 aliphatic carbocycles. The van der Waals surface area contributed by atoms with Gasteiger partial charge in [0.1, 0.15) is 0 Å². The SMILES string of the molecule is CCC(=O)O.CCOC(C)=O.Cl. The van der Waals surface area contributed by atoms with E-state index in [4.69, 9.17) is 5.11 Å². The van der Waals surface area contributed by atoms with Gasteiger partial charge >= 0.3 is 11.9 Å². The van der Waals surface area contributed by atoms with Crippen LogP contribution in [0, 0.1) is 0 Å². The molecule has 0 heterocycles. The third-order valence-electron chi connectivity index (χ3n) is 0.650. The molecule has 0 aromatic carbocycles. The Morgan fingerprint density at radius 3 is 1.67 bits per heavy atom. The van der Waals surface area contributed by atoms with Gasteiger partial charge in [-0.15, -0.1) is 12.4 Å². The van der Waals surface area contributed by atoms with E-state index in [2.05, 4.69) is 4.74 Å². The van der Waals surface area contributed by atoms with E-state index >= 15 is 0 Å². The van der Waals surface area contributed by atoms with Gasteiger partial charge in [-0.1, -0.05) is 6.92 Å². The Bertz CT molecular complexity index is 125. The summed E-state index contributed by atoms with van der Waals surface area (Å²) >= 11 is 0. The van der Waals surface area contributed by atoms with Crippen molar-refractivity contribution in [3.05, 3.63) is 0 Å². The highest BCUT2D eigenvalue weighted by Gasteiger charge is 1.81. The second-order valence-electron chi connectivity index (χ2n) is 1.67. The highest BCUT2D eigenvalue weighted by Crippen LogP contribution is 1.69. The fourth-order valence-corrected chi connectivity index (χ4v) is 0.203. The summed E-state index contributed by atoms with van der Waals surface area (Å²) in [5.74, 6) is -0.956. The van der Waals surface area contributed by atoms with E-state index in [0.29, 0.717) is 6.61 Å². The molecule has 0 atom stereocenters. The van der Waals surface area contributed by atoms with E-state index in [1.807, 2.05) is 0 Å². The number of carbonyl (C=O) groups excluding carboxylic acids is 1. The summed E-state index contributed by atoms with van der Waals surface area (Å²) in [5.41, 5.74) is 0. The number of esters is 1. The fraction of sp³-hybridized carbons (Fsp3) is 0.714. The smallest absolute Gasteiger partial charge is 0.303 e. The number of hydrogen-bond acceptors (Lipinski definition) is 3. The highest BCUT2D eigenvalue weighted by molar-refractivity contribution is 5.85. The zero-order valence-corrected chi connectivity index (χ0v) is 8.31. The van der Waals surface area contributed by atoms with E-state index in [0.717, 1.165) is 0 Å². The van der Waals surface area contributed by atoms with Crippen molar-refractivity contribution in [2.24, 2.45) is 0 Å². The minimum atomic E-state index is -0.745. The monoisotopic (exact) mass is 198 g/mol. The zero-order chi connectivity index (χ0) is 9.28. The van der Waals surface area contributed by atoms with Crippen LogP contribution in [0.4, 0.5) is 0 Å². The van der Waals surface area contributed by atoms with Crippen molar-refractivity contribution in [3.8, 4) is 0 Å². The van der Waals surface area contributed by atoms with Gasteiger partial charge in [-0.3, -0.25) is 9.59 Å². The third-order valence-corrected chi connectivity index (χ3v) is 0.650. The first-order chi connectivity index (χ1) is 5.04. The van der Waals surface area contributed by atoms with Crippen molar-refractivity contribution < 1.29 is 19.4 Å². The van der Waals surface area contributed by atoms with Crippen LogP contribution in [0.1, 0.15) is 27.2 Å². The molecule has 12 heavy (non-hydrogen) atoms. The lowest BCUT2D eigenvalue weighted by molar-refractivity contribution is -0.140. The lowest BCUT2D eigenvalue weighted by Crippen LogP contribution is -1.95. The molecule has 0 spiro atoms. The second-order valence-corrected chi connectivity index (χ2v) is 1.67. The molecule has 0 amide bonds. The average molecular weight is 199 g/mol. The number of carbonyl (C=O) groups is 2. The number of rotatable bonds is 2. The van der Waals surface area contributed by atoms with Crippen molar-refractivity contribution in [1.29, 1.82) is 0 Å². The van der Waals surface area contributed by atoms with Crippen LogP contribution in [0.25, 0.3) is 0 Å². The molecule has 1 N–H and O–H groups in total. The van der Waals surface area contributed by atoms with Gasteiger partial charge in [0.05, 0.1) is 6.61 Å². The van der Waals surface area contributed by atoms with E-state index in [9.17, 15) is 9.59 Å². The Labute approximate surface area is 78.3 Å². The summed E-state index contributed by atoms with van der Waals surface area (Å²) < 4.78 is 4.40. The van der Waals surface area contributed by atoms with Crippen molar-refractivity contribution in [2.45, 2.75) is 27.2 Å². The molecule has 0 unspecified atom stereocenters. The number of ether oxygens (including phenoxy) is 1. The largest absolute Gasteiger partial charge is 0.481 e. The number of hydrogen-bond donors (Lipinski definition) is 1. The standard InChI is InChI=1S/C4H8O2.C3H6O2.ClH/c1-3-6-4(2)5;1-2-3(4)5;/h3H2,1-2H3;2H2,1H3,(H,4,5);1H. The van der Waals surface area contributed by atoms with Crippen LogP contribution in [0.5, 0.6) is 0 Å². The van der Waals surface area contributed by atoms with Crippen LogP contribution in [0.3, 0.4) is 0 Å². The van der Waals surface area contributed by atoms with Gasteiger partial charge in [-0.2, -0.15) is 0 Å². The van der Waals surface area contributed by atoms with Gasteiger partial charge in [0.2, 0.25) is 0 Å². The number of carboxylic acids is 1. The summed E-state index contributed by atoms with van der Waals surface area (Å²) in [7, 11) is 0. The van der Waals surface area contributed by atoms with Crippen LogP contribution in [-0.2, 0) is 14.3 Å². The average Bonchev–Trinajstić information content (AvgIpc) is 1.89. The summed E-state index contributed by atoms with van der Waals surface area (Å²) in [6, 6.07) is 0. The van der Waals surface area contributed by atoms with Crippen molar-refractivity contribution in [1.82, 2.24) is 0 Å². The molecule has 0 saturated carbocycles. The van der Waals surface area contributed by atoms with E-state index < -0.39 is 5.97 Å². The van der Waals surface area contributed by atoms with E-state index in [1.165, 1.54) is 6.92 Å². The number of carboxylic acid groups (broad SMARTS) is 1. The predicted octanol–water partition coefficient (Wildman–Crippen LogP) is 1.47. The molecule has 4 nitrogen and oxygen atoms in total. The highest BCUT2D eigenvalue weighted by atomic mass is 35.5. The maximum atomic E-state index is 9.82. The molecular formula is C7H15ClO4. The molecule has 0 fully saturated rings. The van der Waals surface area contributed by atoms with Crippen LogP contribution in [-0.4, -0.2) is 23.7 Å². The van der Waals surface area contributed by atoms with Gasteiger partial charge in [0.15, 0.2) is 0 Å². The maximum Gasteiger partial charge on any atom is 0.303 e. The second kappa shape index (κ2) is 12.9. The molecule has 0 aliphatic rings. The molecule has 0 radical (unpaired) electrons. The Kier molecular flexibility index (Phi) is 18.6. The van der Waals surface area contributed by atoms with Crippen LogP contribution >= 0.6 is 12.4 Å². The van der Waals surface area contributed by atoms with Gasteiger partial charge in [-0.05, 0) is 6.92 Å². The quantitative estimate of drug-likeness (QED) is 0.683. The lowest BCUT2D eigenvalue weighted by Gasteiger charge is -1.89. The topological polar surface area (TPSA) is 63.6 Å². The minimum absolute atomic E-state index is 0. The van der Waals surface area contributed by atoms with E-state index in [-0.39, 0.29) is 24.8 Å². The van der Waals surface area contributed by atoms with Crippen molar-refractivity contribution in [2.75, 3.05) is 6.61 Å². The predicted molar refractivity (Wildman–Crippen MR) is 47.5 cm³/mol. The molecular weight excluding hydrogens is 184 g/mol. The normalized spacial score (nSPS) is 6.92. The summed E-state index contributed by atoms with van der Waals surface area (Å²) in [6.07, 6.45) is 0.222. The fourth-order valence-electron chi connectivity index (χ4n) is 0.203. The van der Waals surface area contributed by atoms with Crippen LogP contribution in [0.2, 0.25) is 0 Å². The van der Waals surface area contributed by atoms with Crippen molar-refractivity contribution >= 4 is 24.3 Å². The number of halogens is 1. The first kappa shape index (κ1) is 17.4. The van der Waals surface area contributed by atoms with Gasteiger partial charge < -0.3 is 9.84 Å². The Morgan fingerprint density at radius 1 is 1.33 bits per heavy atom. The molecule has 0 bridgehead atoms. The third kappa shape index (κ3) is 34.9. The number of aliphatic carboxylic acids is 1. The Balaban J connectivity index is -0.000000126. The molecule has 74 valence electrons. The van der Waals surface area contributed by atoms with E-state index in [1.54, 1.807) is 13.8 Å². The Morgan fingerprint density at radius 2 is 1.67 bits per heavy atom. The molecule has 5 heteroatoms. The summed E-state index contributed by atoms with van der Waals surface area (Å²) in [5, 5.41) is 7.72. The summed E-state index contributed by atoms with van der Waals surface area (Å²) in [6.45, 7) is 5.25. The first-order valence-corrected chi connectivity index (χ1v) is 3.39.